The second kappa shape index (κ2) is 5.17. The minimum Gasteiger partial charge on any atom is -0.329 e. The Morgan fingerprint density at radius 1 is 1.53 bits per heavy atom. The summed E-state index contributed by atoms with van der Waals surface area (Å²) in [4.78, 5) is 15.9. The fourth-order valence-electron chi connectivity index (χ4n) is 2.70. The zero-order valence-corrected chi connectivity index (χ0v) is 11.8. The summed E-state index contributed by atoms with van der Waals surface area (Å²) in [5.41, 5.74) is 0.700. The Kier molecular flexibility index (Phi) is 3.38. The number of aromatic nitrogens is 2. The third-order valence-electron chi connectivity index (χ3n) is 3.62. The zero-order chi connectivity index (χ0) is 13.2. The monoisotopic (exact) mass is 275 g/mol. The van der Waals surface area contributed by atoms with E-state index in [0.29, 0.717) is 5.69 Å². The molecule has 0 aliphatic carbocycles. The summed E-state index contributed by atoms with van der Waals surface area (Å²) < 4.78 is 1.77. The molecule has 1 saturated heterocycles. The number of likely N-dealkylation sites (tertiary alicyclic amines) is 1. The SMILES string of the molecule is CCn1nccc1C(=O)N1CCCC1c1cccs1. The summed E-state index contributed by atoms with van der Waals surface area (Å²) in [6, 6.07) is 6.23. The molecule has 2 aromatic heterocycles. The molecule has 1 amide bonds. The van der Waals surface area contributed by atoms with Gasteiger partial charge in [-0.15, -0.1) is 11.3 Å². The van der Waals surface area contributed by atoms with Gasteiger partial charge in [0.2, 0.25) is 0 Å². The molecule has 0 radical (unpaired) electrons. The van der Waals surface area contributed by atoms with Crippen molar-refractivity contribution in [2.24, 2.45) is 0 Å². The van der Waals surface area contributed by atoms with Crippen LogP contribution in [0.2, 0.25) is 0 Å². The maximum atomic E-state index is 12.7. The molecule has 0 aromatic carbocycles. The fourth-order valence-corrected chi connectivity index (χ4v) is 3.57. The highest BCUT2D eigenvalue weighted by molar-refractivity contribution is 7.10. The van der Waals surface area contributed by atoms with Gasteiger partial charge in [-0.05, 0) is 37.3 Å². The lowest BCUT2D eigenvalue weighted by atomic mass is 10.2. The van der Waals surface area contributed by atoms with Gasteiger partial charge in [-0.3, -0.25) is 9.48 Å². The van der Waals surface area contributed by atoms with Crippen molar-refractivity contribution in [3.63, 3.8) is 0 Å². The first kappa shape index (κ1) is 12.4. The third kappa shape index (κ3) is 2.18. The van der Waals surface area contributed by atoms with Gasteiger partial charge in [-0.1, -0.05) is 6.07 Å². The maximum Gasteiger partial charge on any atom is 0.272 e. The first-order valence-corrected chi connectivity index (χ1v) is 7.55. The molecule has 1 aliphatic rings. The Labute approximate surface area is 116 Å². The average molecular weight is 275 g/mol. The van der Waals surface area contributed by atoms with Gasteiger partial charge < -0.3 is 4.90 Å². The third-order valence-corrected chi connectivity index (χ3v) is 4.59. The van der Waals surface area contributed by atoms with Gasteiger partial charge in [-0.2, -0.15) is 5.10 Å². The number of amides is 1. The molecule has 1 aliphatic heterocycles. The van der Waals surface area contributed by atoms with Crippen LogP contribution in [-0.4, -0.2) is 27.1 Å². The van der Waals surface area contributed by atoms with Gasteiger partial charge in [0.15, 0.2) is 0 Å². The van der Waals surface area contributed by atoms with Crippen molar-refractivity contribution in [3.05, 3.63) is 40.3 Å². The number of hydrogen-bond acceptors (Lipinski definition) is 3. The van der Waals surface area contributed by atoms with Crippen molar-refractivity contribution in [2.45, 2.75) is 32.4 Å². The predicted molar refractivity (Wildman–Crippen MR) is 75.2 cm³/mol. The van der Waals surface area contributed by atoms with Gasteiger partial charge in [0.05, 0.1) is 6.04 Å². The summed E-state index contributed by atoms with van der Waals surface area (Å²) in [5, 5.41) is 6.26. The summed E-state index contributed by atoms with van der Waals surface area (Å²) >= 11 is 1.73. The molecular weight excluding hydrogens is 258 g/mol. The molecule has 0 bridgehead atoms. The van der Waals surface area contributed by atoms with Crippen LogP contribution in [0, 0.1) is 0 Å². The van der Waals surface area contributed by atoms with E-state index in [1.165, 1.54) is 4.88 Å². The molecule has 1 unspecified atom stereocenters. The Morgan fingerprint density at radius 2 is 2.42 bits per heavy atom. The van der Waals surface area contributed by atoms with E-state index in [1.54, 1.807) is 22.2 Å². The van der Waals surface area contributed by atoms with E-state index in [0.717, 1.165) is 25.9 Å². The molecule has 4 nitrogen and oxygen atoms in total. The lowest BCUT2D eigenvalue weighted by Gasteiger charge is -2.24. The number of thiophene rings is 1. The van der Waals surface area contributed by atoms with Crippen LogP contribution in [0.5, 0.6) is 0 Å². The van der Waals surface area contributed by atoms with Gasteiger partial charge >= 0.3 is 0 Å². The molecule has 3 rings (SSSR count). The summed E-state index contributed by atoms with van der Waals surface area (Å²) in [6.07, 6.45) is 3.84. The summed E-state index contributed by atoms with van der Waals surface area (Å²) in [5.74, 6) is 0.107. The van der Waals surface area contributed by atoms with Crippen molar-refractivity contribution in [2.75, 3.05) is 6.54 Å². The van der Waals surface area contributed by atoms with Gasteiger partial charge in [0, 0.05) is 24.2 Å². The second-order valence-corrected chi connectivity index (χ2v) is 5.68. The smallest absolute Gasteiger partial charge is 0.272 e. The topological polar surface area (TPSA) is 38.1 Å². The highest BCUT2D eigenvalue weighted by Gasteiger charge is 2.32. The van der Waals surface area contributed by atoms with Crippen LogP contribution in [0.3, 0.4) is 0 Å². The Morgan fingerprint density at radius 3 is 3.16 bits per heavy atom. The standard InChI is InChI=1S/C14H17N3OS/c1-2-17-12(7-8-15-17)14(18)16-9-3-5-11(16)13-6-4-10-19-13/h4,6-8,10-11H,2-3,5,9H2,1H3. The largest absolute Gasteiger partial charge is 0.329 e. The average Bonchev–Trinajstić information content (AvgIpc) is 3.16. The number of aryl methyl sites for hydroxylation is 1. The van der Waals surface area contributed by atoms with Gasteiger partial charge in [0.25, 0.3) is 5.91 Å². The van der Waals surface area contributed by atoms with Crippen LogP contribution in [0.4, 0.5) is 0 Å². The highest BCUT2D eigenvalue weighted by Crippen LogP contribution is 2.35. The van der Waals surface area contributed by atoms with Crippen molar-refractivity contribution >= 4 is 17.2 Å². The number of hydrogen-bond donors (Lipinski definition) is 0. The molecule has 1 atom stereocenters. The zero-order valence-electron chi connectivity index (χ0n) is 11.0. The minimum atomic E-state index is 0.107. The van der Waals surface area contributed by atoms with Crippen LogP contribution in [-0.2, 0) is 6.54 Å². The van der Waals surface area contributed by atoms with E-state index in [4.69, 9.17) is 0 Å². The maximum absolute atomic E-state index is 12.7. The van der Waals surface area contributed by atoms with Crippen molar-refractivity contribution in [1.29, 1.82) is 0 Å². The number of nitrogens with zero attached hydrogens (tertiary/aromatic N) is 3. The highest BCUT2D eigenvalue weighted by atomic mass is 32.1. The lowest BCUT2D eigenvalue weighted by Crippen LogP contribution is -2.31. The van der Waals surface area contributed by atoms with E-state index in [9.17, 15) is 4.79 Å². The van der Waals surface area contributed by atoms with Crippen LogP contribution in [0.15, 0.2) is 29.8 Å². The van der Waals surface area contributed by atoms with Crippen LogP contribution in [0.25, 0.3) is 0 Å². The Hall–Kier alpha value is -1.62. The van der Waals surface area contributed by atoms with Crippen molar-refractivity contribution in [1.82, 2.24) is 14.7 Å². The molecule has 3 heterocycles. The molecule has 5 heteroatoms. The second-order valence-electron chi connectivity index (χ2n) is 4.70. The van der Waals surface area contributed by atoms with Gasteiger partial charge in [0.1, 0.15) is 5.69 Å². The predicted octanol–water partition coefficient (Wildman–Crippen LogP) is 2.94. The van der Waals surface area contributed by atoms with Crippen LogP contribution >= 0.6 is 11.3 Å². The number of carbonyl (C=O) groups excluding carboxylic acids is 1. The van der Waals surface area contributed by atoms with E-state index in [1.807, 2.05) is 17.9 Å². The summed E-state index contributed by atoms with van der Waals surface area (Å²) in [7, 11) is 0. The molecule has 0 spiro atoms. The molecule has 0 N–H and O–H groups in total. The Balaban J connectivity index is 1.87. The molecule has 2 aromatic rings. The van der Waals surface area contributed by atoms with E-state index >= 15 is 0 Å². The van der Waals surface area contributed by atoms with Crippen LogP contribution < -0.4 is 0 Å². The number of rotatable bonds is 3. The summed E-state index contributed by atoms with van der Waals surface area (Å²) in [6.45, 7) is 3.58. The minimum absolute atomic E-state index is 0.107. The molecule has 100 valence electrons. The van der Waals surface area contributed by atoms with Gasteiger partial charge in [-0.25, -0.2) is 0 Å². The molecule has 0 saturated carbocycles. The Bertz CT molecular complexity index is 561. The van der Waals surface area contributed by atoms with Crippen LogP contribution in [0.1, 0.15) is 41.2 Å². The molecular formula is C14H17N3OS. The first-order chi connectivity index (χ1) is 9.31. The van der Waals surface area contributed by atoms with E-state index in [2.05, 4.69) is 22.6 Å². The first-order valence-electron chi connectivity index (χ1n) is 6.67. The number of carbonyl (C=O) groups is 1. The normalized spacial score (nSPS) is 19.0. The van der Waals surface area contributed by atoms with E-state index in [-0.39, 0.29) is 11.9 Å². The quantitative estimate of drug-likeness (QED) is 0.863. The molecule has 19 heavy (non-hydrogen) atoms. The van der Waals surface area contributed by atoms with Crippen molar-refractivity contribution in [3.8, 4) is 0 Å². The molecule has 1 fully saturated rings. The van der Waals surface area contributed by atoms with Crippen molar-refractivity contribution < 1.29 is 4.79 Å². The lowest BCUT2D eigenvalue weighted by molar-refractivity contribution is 0.0725. The fraction of sp³-hybridized carbons (Fsp3) is 0.429. The van der Waals surface area contributed by atoms with E-state index < -0.39 is 0 Å².